The van der Waals surface area contributed by atoms with Crippen molar-refractivity contribution in [2.75, 3.05) is 11.8 Å². The van der Waals surface area contributed by atoms with Gasteiger partial charge in [0.15, 0.2) is 0 Å². The SMILES string of the molecule is COc1ccc(S(=O)(=O)Nc2ccc(Oc3cc(-n4ccnc4)nc(C)n3)cc2)cc1Cl. The molecule has 0 radical (unpaired) electrons. The third kappa shape index (κ3) is 4.82. The van der Waals surface area contributed by atoms with Crippen LogP contribution < -0.4 is 14.2 Å². The largest absolute Gasteiger partial charge is 0.495 e. The molecule has 2 aromatic heterocycles. The van der Waals surface area contributed by atoms with E-state index in [1.54, 1.807) is 60.5 Å². The van der Waals surface area contributed by atoms with Crippen LogP contribution in [0.5, 0.6) is 17.4 Å². The number of anilines is 1. The number of methoxy groups -OCH3 is 1. The lowest BCUT2D eigenvalue weighted by Gasteiger charge is -2.11. The maximum Gasteiger partial charge on any atom is 0.261 e. The van der Waals surface area contributed by atoms with E-state index in [-0.39, 0.29) is 9.92 Å². The van der Waals surface area contributed by atoms with Crippen LogP contribution in [0.4, 0.5) is 5.69 Å². The summed E-state index contributed by atoms with van der Waals surface area (Å²) in [5, 5.41) is 0.203. The van der Waals surface area contributed by atoms with Gasteiger partial charge in [0.25, 0.3) is 10.0 Å². The van der Waals surface area contributed by atoms with Crippen LogP contribution >= 0.6 is 11.6 Å². The predicted octanol–water partition coefficient (Wildman–Crippen LogP) is 4.23. The summed E-state index contributed by atoms with van der Waals surface area (Å²) in [5.74, 6) is 2.38. The average Bonchev–Trinajstić information content (AvgIpc) is 3.29. The van der Waals surface area contributed by atoms with E-state index in [0.717, 1.165) is 0 Å². The minimum Gasteiger partial charge on any atom is -0.495 e. The summed E-state index contributed by atoms with van der Waals surface area (Å²) in [6.45, 7) is 1.76. The molecule has 9 nitrogen and oxygen atoms in total. The molecule has 2 heterocycles. The van der Waals surface area contributed by atoms with Crippen molar-refractivity contribution >= 4 is 27.3 Å². The first-order chi connectivity index (χ1) is 15.3. The van der Waals surface area contributed by atoms with E-state index >= 15 is 0 Å². The van der Waals surface area contributed by atoms with Crippen molar-refractivity contribution in [2.24, 2.45) is 0 Å². The van der Waals surface area contributed by atoms with Gasteiger partial charge < -0.3 is 9.47 Å². The molecule has 0 atom stereocenters. The van der Waals surface area contributed by atoms with Gasteiger partial charge in [-0.2, -0.15) is 4.98 Å². The Morgan fingerprint density at radius 2 is 1.84 bits per heavy atom. The lowest BCUT2D eigenvalue weighted by molar-refractivity contribution is 0.414. The van der Waals surface area contributed by atoms with E-state index in [4.69, 9.17) is 21.1 Å². The minimum atomic E-state index is -3.83. The van der Waals surface area contributed by atoms with E-state index < -0.39 is 10.0 Å². The Morgan fingerprint density at radius 1 is 1.06 bits per heavy atom. The zero-order valence-corrected chi connectivity index (χ0v) is 18.6. The molecule has 0 bridgehead atoms. The molecule has 32 heavy (non-hydrogen) atoms. The first kappa shape index (κ1) is 21.6. The molecule has 0 aliphatic heterocycles. The fraction of sp³-hybridized carbons (Fsp3) is 0.0952. The van der Waals surface area contributed by atoms with E-state index in [1.807, 2.05) is 0 Å². The molecule has 1 N–H and O–H groups in total. The van der Waals surface area contributed by atoms with E-state index in [0.29, 0.717) is 34.7 Å². The summed E-state index contributed by atoms with van der Waals surface area (Å²) in [4.78, 5) is 12.7. The topological polar surface area (TPSA) is 108 Å². The summed E-state index contributed by atoms with van der Waals surface area (Å²) in [7, 11) is -2.37. The number of aromatic nitrogens is 4. The second-order valence-corrected chi connectivity index (χ2v) is 8.70. The number of benzene rings is 2. The quantitative estimate of drug-likeness (QED) is 0.429. The Bertz CT molecular complexity index is 1340. The van der Waals surface area contributed by atoms with Crippen molar-refractivity contribution in [3.05, 3.63) is 78.1 Å². The molecule has 0 saturated heterocycles. The number of halogens is 1. The van der Waals surface area contributed by atoms with E-state index in [2.05, 4.69) is 19.7 Å². The van der Waals surface area contributed by atoms with Gasteiger partial charge in [-0.1, -0.05) is 11.6 Å². The summed E-state index contributed by atoms with van der Waals surface area (Å²) in [6.07, 6.45) is 5.04. The van der Waals surface area contributed by atoms with Crippen molar-refractivity contribution in [2.45, 2.75) is 11.8 Å². The summed E-state index contributed by atoms with van der Waals surface area (Å²) in [6, 6.07) is 12.4. The summed E-state index contributed by atoms with van der Waals surface area (Å²) >= 11 is 6.04. The minimum absolute atomic E-state index is 0.0205. The van der Waals surface area contributed by atoms with Crippen molar-refractivity contribution < 1.29 is 17.9 Å². The highest BCUT2D eigenvalue weighted by molar-refractivity contribution is 7.92. The van der Waals surface area contributed by atoms with Gasteiger partial charge in [0.05, 0.1) is 17.0 Å². The number of ether oxygens (including phenoxy) is 2. The van der Waals surface area contributed by atoms with Crippen LogP contribution in [0.25, 0.3) is 5.82 Å². The number of nitrogens with zero attached hydrogens (tertiary/aromatic N) is 4. The fourth-order valence-electron chi connectivity index (χ4n) is 2.84. The van der Waals surface area contributed by atoms with Gasteiger partial charge in [0.1, 0.15) is 29.5 Å². The molecule has 0 fully saturated rings. The normalized spacial score (nSPS) is 11.2. The number of hydrogen-bond acceptors (Lipinski definition) is 7. The van der Waals surface area contributed by atoms with Gasteiger partial charge in [-0.15, -0.1) is 0 Å². The van der Waals surface area contributed by atoms with Crippen LogP contribution in [-0.2, 0) is 10.0 Å². The Balaban J connectivity index is 1.50. The molecule has 4 aromatic rings. The Morgan fingerprint density at radius 3 is 2.50 bits per heavy atom. The van der Waals surface area contributed by atoms with Gasteiger partial charge in [0.2, 0.25) is 5.88 Å². The smallest absolute Gasteiger partial charge is 0.261 e. The third-order valence-corrected chi connectivity index (χ3v) is 6.01. The molecule has 2 aromatic carbocycles. The maximum atomic E-state index is 12.7. The molecule has 0 saturated carbocycles. The third-order valence-electron chi connectivity index (χ3n) is 4.33. The van der Waals surface area contributed by atoms with Crippen molar-refractivity contribution in [1.82, 2.24) is 19.5 Å². The van der Waals surface area contributed by atoms with Crippen LogP contribution in [0.1, 0.15) is 5.82 Å². The molecule has 0 aliphatic carbocycles. The van der Waals surface area contributed by atoms with Crippen molar-refractivity contribution in [1.29, 1.82) is 0 Å². The molecule has 164 valence electrons. The van der Waals surface area contributed by atoms with Crippen molar-refractivity contribution in [3.8, 4) is 23.2 Å². The predicted molar refractivity (Wildman–Crippen MR) is 119 cm³/mol. The van der Waals surface area contributed by atoms with Gasteiger partial charge >= 0.3 is 0 Å². The molecule has 11 heteroatoms. The van der Waals surface area contributed by atoms with Crippen LogP contribution in [-0.4, -0.2) is 35.0 Å². The molecular weight excluding hydrogens is 454 g/mol. The summed E-state index contributed by atoms with van der Waals surface area (Å²) in [5.41, 5.74) is 0.363. The lowest BCUT2D eigenvalue weighted by Crippen LogP contribution is -2.12. The lowest BCUT2D eigenvalue weighted by atomic mass is 10.3. The molecule has 4 rings (SSSR count). The number of nitrogens with one attached hydrogen (secondary N) is 1. The van der Waals surface area contributed by atoms with E-state index in [9.17, 15) is 8.42 Å². The second kappa shape index (κ2) is 8.85. The number of aryl methyl sites for hydroxylation is 1. The van der Waals surface area contributed by atoms with E-state index in [1.165, 1.54) is 25.3 Å². The Kier molecular flexibility index (Phi) is 5.97. The zero-order chi connectivity index (χ0) is 22.7. The molecule has 0 unspecified atom stereocenters. The second-order valence-electron chi connectivity index (χ2n) is 6.61. The standard InChI is InChI=1S/C21H18ClN5O4S/c1-14-24-20(27-10-9-23-13-27)12-21(25-14)31-16-5-3-15(4-6-16)26-32(28,29)17-7-8-19(30-2)18(22)11-17/h3-13,26H,1-2H3. The maximum absolute atomic E-state index is 12.7. The number of imidazole rings is 1. The van der Waals surface area contributed by atoms with Crippen LogP contribution in [0.2, 0.25) is 5.02 Å². The zero-order valence-electron chi connectivity index (χ0n) is 17.1. The highest BCUT2D eigenvalue weighted by Crippen LogP contribution is 2.29. The fourth-order valence-corrected chi connectivity index (χ4v) is 4.25. The van der Waals surface area contributed by atoms with Gasteiger partial charge in [-0.25, -0.2) is 18.4 Å². The molecule has 0 aliphatic rings. The molecule has 0 amide bonds. The molecular formula is C21H18ClN5O4S. The van der Waals surface area contributed by atoms with Crippen LogP contribution in [0.15, 0.2) is 72.1 Å². The highest BCUT2D eigenvalue weighted by atomic mass is 35.5. The van der Waals surface area contributed by atoms with Crippen LogP contribution in [0, 0.1) is 6.92 Å². The first-order valence-electron chi connectivity index (χ1n) is 9.32. The van der Waals surface area contributed by atoms with Crippen LogP contribution in [0.3, 0.4) is 0 Å². The summed E-state index contributed by atoms with van der Waals surface area (Å²) < 4.78 is 40.4. The number of hydrogen-bond donors (Lipinski definition) is 1. The highest BCUT2D eigenvalue weighted by Gasteiger charge is 2.16. The monoisotopic (exact) mass is 471 g/mol. The Labute approximate surface area is 189 Å². The number of rotatable bonds is 7. The number of sulfonamides is 1. The van der Waals surface area contributed by atoms with Gasteiger partial charge in [0, 0.05) is 24.1 Å². The average molecular weight is 472 g/mol. The van der Waals surface area contributed by atoms with Gasteiger partial charge in [-0.3, -0.25) is 9.29 Å². The van der Waals surface area contributed by atoms with Gasteiger partial charge in [-0.05, 0) is 49.4 Å². The first-order valence-corrected chi connectivity index (χ1v) is 11.2. The Hall–Kier alpha value is -3.63. The molecule has 0 spiro atoms. The van der Waals surface area contributed by atoms with Crippen molar-refractivity contribution in [3.63, 3.8) is 0 Å².